The fraction of sp³-hybridized carbons (Fsp3) is 0.500. The van der Waals surface area contributed by atoms with E-state index in [4.69, 9.17) is 5.73 Å². The quantitative estimate of drug-likeness (QED) is 0.612. The van der Waals surface area contributed by atoms with Gasteiger partial charge in [0.1, 0.15) is 0 Å². The Morgan fingerprint density at radius 1 is 1.40 bits per heavy atom. The molecule has 0 aliphatic rings. The van der Waals surface area contributed by atoms with Crippen molar-refractivity contribution < 1.29 is 5.11 Å². The van der Waals surface area contributed by atoms with Gasteiger partial charge >= 0.3 is 0 Å². The Balaban J connectivity index is 2.51. The van der Waals surface area contributed by atoms with Crippen molar-refractivity contribution in [1.82, 2.24) is 0 Å². The largest absolute Gasteiger partial charge is 0.399 e. The third kappa shape index (κ3) is 4.58. The molecule has 0 saturated carbocycles. The Labute approximate surface area is 95.9 Å². The van der Waals surface area contributed by atoms with Crippen LogP contribution in [0.25, 0.3) is 0 Å². The molecular formula is C12H19NOS. The van der Waals surface area contributed by atoms with Crippen molar-refractivity contribution in [3.05, 3.63) is 23.8 Å². The standard InChI is InChI=1S/C12H19NOS/c1-9-8-10(13)4-5-11(9)15-7-6-12(2,3)14/h4-5,8,14H,6-7,13H2,1-3H3. The SMILES string of the molecule is Cc1cc(N)ccc1SCCC(C)(C)O. The van der Waals surface area contributed by atoms with Crippen molar-refractivity contribution in [2.24, 2.45) is 0 Å². The molecule has 1 aromatic rings. The lowest BCUT2D eigenvalue weighted by atomic mass is 10.1. The van der Waals surface area contributed by atoms with Crippen molar-refractivity contribution in [1.29, 1.82) is 0 Å². The van der Waals surface area contributed by atoms with Crippen LogP contribution in [-0.4, -0.2) is 16.5 Å². The predicted octanol–water partition coefficient (Wildman–Crippen LogP) is 2.83. The second-order valence-electron chi connectivity index (χ2n) is 4.44. The first-order chi connectivity index (χ1) is 6.88. The summed E-state index contributed by atoms with van der Waals surface area (Å²) in [6.45, 7) is 5.73. The van der Waals surface area contributed by atoms with Gasteiger partial charge < -0.3 is 10.8 Å². The average molecular weight is 225 g/mol. The van der Waals surface area contributed by atoms with Crippen molar-refractivity contribution in [2.45, 2.75) is 37.7 Å². The summed E-state index contributed by atoms with van der Waals surface area (Å²) in [5.74, 6) is 0.925. The Hall–Kier alpha value is -0.670. The maximum absolute atomic E-state index is 9.58. The minimum Gasteiger partial charge on any atom is -0.399 e. The highest BCUT2D eigenvalue weighted by atomic mass is 32.2. The molecule has 0 saturated heterocycles. The molecule has 2 nitrogen and oxygen atoms in total. The lowest BCUT2D eigenvalue weighted by Crippen LogP contribution is -2.19. The first-order valence-corrected chi connectivity index (χ1v) is 6.08. The molecule has 0 spiro atoms. The van der Waals surface area contributed by atoms with Gasteiger partial charge in [-0.25, -0.2) is 0 Å². The summed E-state index contributed by atoms with van der Waals surface area (Å²) in [7, 11) is 0. The number of hydrogen-bond donors (Lipinski definition) is 2. The molecule has 0 aliphatic carbocycles. The van der Waals surface area contributed by atoms with Gasteiger partial charge in [-0.1, -0.05) is 0 Å². The Morgan fingerprint density at radius 2 is 2.07 bits per heavy atom. The summed E-state index contributed by atoms with van der Waals surface area (Å²) in [6.07, 6.45) is 0.793. The number of nitrogen functional groups attached to an aromatic ring is 1. The zero-order chi connectivity index (χ0) is 11.5. The topological polar surface area (TPSA) is 46.2 Å². The maximum Gasteiger partial charge on any atom is 0.0599 e. The molecule has 0 aromatic heterocycles. The molecule has 0 amide bonds. The van der Waals surface area contributed by atoms with Gasteiger partial charge in [0.2, 0.25) is 0 Å². The van der Waals surface area contributed by atoms with Crippen molar-refractivity contribution in [3.8, 4) is 0 Å². The zero-order valence-electron chi connectivity index (χ0n) is 9.58. The molecule has 0 aliphatic heterocycles. The van der Waals surface area contributed by atoms with E-state index in [2.05, 4.69) is 6.92 Å². The van der Waals surface area contributed by atoms with Crippen molar-refractivity contribution in [2.75, 3.05) is 11.5 Å². The van der Waals surface area contributed by atoms with E-state index >= 15 is 0 Å². The zero-order valence-corrected chi connectivity index (χ0v) is 10.4. The normalized spacial score (nSPS) is 11.7. The highest BCUT2D eigenvalue weighted by Crippen LogP contribution is 2.26. The number of hydrogen-bond acceptors (Lipinski definition) is 3. The fourth-order valence-electron chi connectivity index (χ4n) is 1.25. The molecule has 3 heteroatoms. The van der Waals surface area contributed by atoms with E-state index in [1.807, 2.05) is 32.0 Å². The van der Waals surface area contributed by atoms with E-state index in [9.17, 15) is 5.11 Å². The van der Waals surface area contributed by atoms with Crippen LogP contribution in [-0.2, 0) is 0 Å². The number of rotatable bonds is 4. The van der Waals surface area contributed by atoms with Gasteiger partial charge in [-0.3, -0.25) is 0 Å². The summed E-state index contributed by atoms with van der Waals surface area (Å²) < 4.78 is 0. The van der Waals surface area contributed by atoms with E-state index in [1.165, 1.54) is 10.5 Å². The average Bonchev–Trinajstić information content (AvgIpc) is 2.07. The molecule has 1 aromatic carbocycles. The van der Waals surface area contributed by atoms with E-state index in [0.717, 1.165) is 17.9 Å². The minimum atomic E-state index is -0.575. The number of aliphatic hydroxyl groups is 1. The first kappa shape index (κ1) is 12.4. The molecule has 0 heterocycles. The number of aryl methyl sites for hydroxylation is 1. The van der Waals surface area contributed by atoms with Gasteiger partial charge in [0.05, 0.1) is 5.60 Å². The van der Waals surface area contributed by atoms with Crippen LogP contribution >= 0.6 is 11.8 Å². The summed E-state index contributed by atoms with van der Waals surface area (Å²) in [5.41, 5.74) is 7.11. The Morgan fingerprint density at radius 3 is 2.60 bits per heavy atom. The van der Waals surface area contributed by atoms with Crippen LogP contribution in [0.5, 0.6) is 0 Å². The molecule has 0 bridgehead atoms. The van der Waals surface area contributed by atoms with Gasteiger partial charge in [-0.2, -0.15) is 0 Å². The van der Waals surface area contributed by atoms with Gasteiger partial charge in [-0.05, 0) is 51.0 Å². The fourth-order valence-corrected chi connectivity index (χ4v) is 2.52. The molecule has 0 unspecified atom stereocenters. The second kappa shape index (κ2) is 4.90. The van der Waals surface area contributed by atoms with Gasteiger partial charge in [0.25, 0.3) is 0 Å². The van der Waals surface area contributed by atoms with Gasteiger partial charge in [-0.15, -0.1) is 11.8 Å². The Kier molecular flexibility index (Phi) is 4.05. The van der Waals surface area contributed by atoms with Crippen LogP contribution in [0.4, 0.5) is 5.69 Å². The summed E-state index contributed by atoms with van der Waals surface area (Å²) in [5, 5.41) is 9.58. The molecule has 15 heavy (non-hydrogen) atoms. The minimum absolute atomic E-state index is 0.575. The predicted molar refractivity (Wildman–Crippen MR) is 67.2 cm³/mol. The third-order valence-electron chi connectivity index (χ3n) is 2.17. The summed E-state index contributed by atoms with van der Waals surface area (Å²) >= 11 is 1.77. The lowest BCUT2D eigenvalue weighted by Gasteiger charge is -2.16. The smallest absolute Gasteiger partial charge is 0.0599 e. The number of benzene rings is 1. The summed E-state index contributed by atoms with van der Waals surface area (Å²) in [6, 6.07) is 5.94. The lowest BCUT2D eigenvalue weighted by molar-refractivity contribution is 0.0777. The van der Waals surface area contributed by atoms with Crippen LogP contribution in [0.3, 0.4) is 0 Å². The number of nitrogens with two attached hydrogens (primary N) is 1. The van der Waals surface area contributed by atoms with Crippen molar-refractivity contribution >= 4 is 17.4 Å². The third-order valence-corrected chi connectivity index (χ3v) is 3.35. The van der Waals surface area contributed by atoms with Crippen LogP contribution in [0, 0.1) is 6.92 Å². The van der Waals surface area contributed by atoms with Gasteiger partial charge in [0, 0.05) is 16.3 Å². The molecule has 84 valence electrons. The van der Waals surface area contributed by atoms with E-state index in [0.29, 0.717) is 0 Å². The Bertz CT molecular complexity index is 331. The van der Waals surface area contributed by atoms with Gasteiger partial charge in [0.15, 0.2) is 0 Å². The molecule has 0 fully saturated rings. The van der Waals surface area contributed by atoms with E-state index in [-0.39, 0.29) is 0 Å². The molecule has 0 radical (unpaired) electrons. The van der Waals surface area contributed by atoms with E-state index < -0.39 is 5.60 Å². The monoisotopic (exact) mass is 225 g/mol. The van der Waals surface area contributed by atoms with Crippen molar-refractivity contribution in [3.63, 3.8) is 0 Å². The number of thioether (sulfide) groups is 1. The number of anilines is 1. The first-order valence-electron chi connectivity index (χ1n) is 5.10. The molecule has 0 atom stereocenters. The van der Waals surface area contributed by atoms with Crippen LogP contribution < -0.4 is 5.73 Å². The molecule has 3 N–H and O–H groups in total. The maximum atomic E-state index is 9.58. The highest BCUT2D eigenvalue weighted by Gasteiger charge is 2.12. The summed E-state index contributed by atoms with van der Waals surface area (Å²) in [4.78, 5) is 1.24. The highest BCUT2D eigenvalue weighted by molar-refractivity contribution is 7.99. The second-order valence-corrected chi connectivity index (χ2v) is 5.57. The molecule has 1 rings (SSSR count). The van der Waals surface area contributed by atoms with E-state index in [1.54, 1.807) is 11.8 Å². The molecular weight excluding hydrogens is 206 g/mol. The van der Waals surface area contributed by atoms with Crippen LogP contribution in [0.15, 0.2) is 23.1 Å². The van der Waals surface area contributed by atoms with Crippen LogP contribution in [0.1, 0.15) is 25.8 Å². The van der Waals surface area contributed by atoms with Crippen LogP contribution in [0.2, 0.25) is 0 Å².